The second-order valence-electron chi connectivity index (χ2n) is 7.25. The van der Waals surface area contributed by atoms with Gasteiger partial charge in [-0.25, -0.2) is 4.98 Å². The summed E-state index contributed by atoms with van der Waals surface area (Å²) in [7, 11) is 0. The van der Waals surface area contributed by atoms with Crippen LogP contribution in [0.15, 0.2) is 81.3 Å². The Morgan fingerprint density at radius 3 is 2.61 bits per heavy atom. The molecule has 0 spiro atoms. The molecule has 0 saturated heterocycles. The third-order valence-corrected chi connectivity index (χ3v) is 6.17. The molecule has 33 heavy (non-hydrogen) atoms. The largest absolute Gasteiger partial charge is 0.469 e. The highest BCUT2D eigenvalue weighted by Gasteiger charge is 2.20. The van der Waals surface area contributed by atoms with E-state index in [2.05, 4.69) is 21.3 Å². The molecule has 0 aliphatic heterocycles. The quantitative estimate of drug-likeness (QED) is 0.351. The van der Waals surface area contributed by atoms with Crippen molar-refractivity contribution in [3.05, 3.63) is 88.9 Å². The zero-order valence-electron chi connectivity index (χ0n) is 17.7. The third-order valence-electron chi connectivity index (χ3n) is 5.25. The SMILES string of the molecule is Cc1occc1-c1nnc(SCc2nc3ccccc3c(=O)n2CC#N)n1-c1ccccc1. The van der Waals surface area contributed by atoms with Gasteiger partial charge in [0.05, 0.1) is 34.6 Å². The predicted molar refractivity (Wildman–Crippen MR) is 125 cm³/mol. The fourth-order valence-electron chi connectivity index (χ4n) is 3.65. The van der Waals surface area contributed by atoms with Crippen molar-refractivity contribution < 1.29 is 4.42 Å². The van der Waals surface area contributed by atoms with E-state index in [1.54, 1.807) is 24.5 Å². The molecule has 8 nitrogen and oxygen atoms in total. The highest BCUT2D eigenvalue weighted by atomic mass is 32.2. The minimum absolute atomic E-state index is 0.0720. The molecule has 0 amide bonds. The highest BCUT2D eigenvalue weighted by molar-refractivity contribution is 7.98. The van der Waals surface area contributed by atoms with E-state index in [0.29, 0.717) is 33.5 Å². The van der Waals surface area contributed by atoms with Crippen molar-refractivity contribution in [1.82, 2.24) is 24.3 Å². The Morgan fingerprint density at radius 1 is 1.06 bits per heavy atom. The first kappa shape index (κ1) is 20.7. The lowest BCUT2D eigenvalue weighted by atomic mass is 10.2. The third kappa shape index (κ3) is 3.81. The lowest BCUT2D eigenvalue weighted by Crippen LogP contribution is -2.24. The van der Waals surface area contributed by atoms with Gasteiger partial charge in [0, 0.05) is 5.69 Å². The van der Waals surface area contributed by atoms with Gasteiger partial charge in [0.1, 0.15) is 18.1 Å². The standard InChI is InChI=1S/C24H18N6O2S/c1-16-18(11-14-32-16)22-27-28-24(30(22)17-7-3-2-4-8-17)33-15-21-26-20-10-6-5-9-19(20)23(31)29(21)13-12-25/h2-11,14H,13,15H2,1H3. The average Bonchev–Trinajstić information content (AvgIpc) is 3.46. The number of thioether (sulfide) groups is 1. The van der Waals surface area contributed by atoms with E-state index < -0.39 is 0 Å². The molecule has 3 aromatic heterocycles. The van der Waals surface area contributed by atoms with Crippen LogP contribution in [0.2, 0.25) is 0 Å². The van der Waals surface area contributed by atoms with E-state index >= 15 is 0 Å². The number of rotatable bonds is 6. The minimum Gasteiger partial charge on any atom is -0.469 e. The maximum absolute atomic E-state index is 13.0. The molecule has 0 aliphatic carbocycles. The van der Waals surface area contributed by atoms with E-state index in [4.69, 9.17) is 4.42 Å². The Kier molecular flexibility index (Phi) is 5.50. The number of para-hydroxylation sites is 2. The van der Waals surface area contributed by atoms with Gasteiger partial charge in [-0.05, 0) is 37.3 Å². The summed E-state index contributed by atoms with van der Waals surface area (Å²) in [6.07, 6.45) is 1.63. The van der Waals surface area contributed by atoms with Crippen LogP contribution in [-0.4, -0.2) is 24.3 Å². The molecule has 0 saturated carbocycles. The number of nitrogens with zero attached hydrogens (tertiary/aromatic N) is 6. The van der Waals surface area contributed by atoms with Gasteiger partial charge in [-0.2, -0.15) is 5.26 Å². The van der Waals surface area contributed by atoms with Gasteiger partial charge in [0.2, 0.25) is 0 Å². The van der Waals surface area contributed by atoms with Crippen LogP contribution in [0.4, 0.5) is 0 Å². The highest BCUT2D eigenvalue weighted by Crippen LogP contribution is 2.31. The predicted octanol–water partition coefficient (Wildman–Crippen LogP) is 4.36. The first-order chi connectivity index (χ1) is 16.2. The van der Waals surface area contributed by atoms with Crippen LogP contribution in [0.25, 0.3) is 28.0 Å². The van der Waals surface area contributed by atoms with Crippen LogP contribution >= 0.6 is 11.8 Å². The van der Waals surface area contributed by atoms with Crippen LogP contribution in [0.1, 0.15) is 11.6 Å². The van der Waals surface area contributed by atoms with Crippen molar-refractivity contribution in [2.45, 2.75) is 24.4 Å². The molecule has 9 heteroatoms. The average molecular weight is 455 g/mol. The molecular weight excluding hydrogens is 436 g/mol. The Morgan fingerprint density at radius 2 is 1.85 bits per heavy atom. The number of hydrogen-bond donors (Lipinski definition) is 0. The Bertz CT molecular complexity index is 1550. The molecular formula is C24H18N6O2S. The summed E-state index contributed by atoms with van der Waals surface area (Å²) >= 11 is 1.40. The topological polar surface area (TPSA) is 103 Å². The van der Waals surface area contributed by atoms with Gasteiger partial charge >= 0.3 is 0 Å². The molecule has 0 fully saturated rings. The molecule has 3 heterocycles. The molecule has 5 aromatic rings. The van der Waals surface area contributed by atoms with Gasteiger partial charge in [-0.1, -0.05) is 42.1 Å². The lowest BCUT2D eigenvalue weighted by Gasteiger charge is -2.12. The number of aromatic nitrogens is 5. The number of benzene rings is 2. The van der Waals surface area contributed by atoms with Gasteiger partial charge in [-0.3, -0.25) is 13.9 Å². The molecule has 0 aliphatic rings. The molecule has 0 radical (unpaired) electrons. The zero-order valence-corrected chi connectivity index (χ0v) is 18.5. The summed E-state index contributed by atoms with van der Waals surface area (Å²) < 4.78 is 8.85. The number of furan rings is 1. The minimum atomic E-state index is -0.225. The first-order valence-corrected chi connectivity index (χ1v) is 11.2. The molecule has 0 bridgehead atoms. The van der Waals surface area contributed by atoms with E-state index in [0.717, 1.165) is 17.0 Å². The monoisotopic (exact) mass is 454 g/mol. The van der Waals surface area contributed by atoms with E-state index in [1.165, 1.54) is 16.3 Å². The van der Waals surface area contributed by atoms with E-state index in [-0.39, 0.29) is 12.1 Å². The normalized spacial score (nSPS) is 11.0. The molecule has 0 unspecified atom stereocenters. The van der Waals surface area contributed by atoms with Crippen molar-refractivity contribution >= 4 is 22.7 Å². The second-order valence-corrected chi connectivity index (χ2v) is 8.19. The first-order valence-electron chi connectivity index (χ1n) is 10.2. The Hall–Kier alpha value is -4.16. The summed E-state index contributed by atoms with van der Waals surface area (Å²) in [4.78, 5) is 17.6. The maximum atomic E-state index is 13.0. The lowest BCUT2D eigenvalue weighted by molar-refractivity contribution is 0.535. The summed E-state index contributed by atoms with van der Waals surface area (Å²) in [5, 5.41) is 19.3. The van der Waals surface area contributed by atoms with Crippen molar-refractivity contribution in [1.29, 1.82) is 5.26 Å². The van der Waals surface area contributed by atoms with Crippen LogP contribution in [-0.2, 0) is 12.3 Å². The fourth-order valence-corrected chi connectivity index (χ4v) is 4.55. The van der Waals surface area contributed by atoms with Gasteiger partial charge in [0.25, 0.3) is 5.56 Å². The van der Waals surface area contributed by atoms with Gasteiger partial charge < -0.3 is 4.42 Å². The van der Waals surface area contributed by atoms with Crippen LogP contribution in [0, 0.1) is 18.3 Å². The number of nitriles is 1. The number of aryl methyl sites for hydroxylation is 1. The molecule has 2 aromatic carbocycles. The fraction of sp³-hybridized carbons (Fsp3) is 0.125. The Labute approximate surface area is 193 Å². The van der Waals surface area contributed by atoms with Crippen molar-refractivity contribution in [3.63, 3.8) is 0 Å². The zero-order chi connectivity index (χ0) is 22.8. The molecule has 0 atom stereocenters. The smallest absolute Gasteiger partial charge is 0.262 e. The summed E-state index contributed by atoms with van der Waals surface area (Å²) in [5.41, 5.74) is 2.13. The van der Waals surface area contributed by atoms with E-state index in [9.17, 15) is 10.1 Å². The van der Waals surface area contributed by atoms with Crippen LogP contribution in [0.5, 0.6) is 0 Å². The van der Waals surface area contributed by atoms with Gasteiger partial charge in [-0.15, -0.1) is 10.2 Å². The van der Waals surface area contributed by atoms with Crippen LogP contribution < -0.4 is 5.56 Å². The van der Waals surface area contributed by atoms with Crippen molar-refractivity contribution in [2.75, 3.05) is 0 Å². The molecule has 0 N–H and O–H groups in total. The molecule has 5 rings (SSSR count). The summed E-state index contributed by atoms with van der Waals surface area (Å²) in [6, 6.07) is 20.9. The summed E-state index contributed by atoms with van der Waals surface area (Å²) in [6.45, 7) is 1.81. The van der Waals surface area contributed by atoms with Crippen molar-refractivity contribution in [2.24, 2.45) is 0 Å². The maximum Gasteiger partial charge on any atom is 0.262 e. The number of fused-ring (bicyclic) bond motifs is 1. The van der Waals surface area contributed by atoms with Crippen LogP contribution in [0.3, 0.4) is 0 Å². The summed E-state index contributed by atoms with van der Waals surface area (Å²) in [5.74, 6) is 2.26. The number of hydrogen-bond acceptors (Lipinski definition) is 7. The Balaban J connectivity index is 1.58. The second kappa shape index (κ2) is 8.76. The molecule has 162 valence electrons. The van der Waals surface area contributed by atoms with Crippen molar-refractivity contribution in [3.8, 4) is 23.1 Å². The van der Waals surface area contributed by atoms with Gasteiger partial charge in [0.15, 0.2) is 11.0 Å². The van der Waals surface area contributed by atoms with E-state index in [1.807, 2.05) is 54.0 Å².